The van der Waals surface area contributed by atoms with E-state index in [1.165, 1.54) is 0 Å². The molecule has 0 radical (unpaired) electrons. The number of primary amides is 1. The molecule has 0 bridgehead atoms. The van der Waals surface area contributed by atoms with Crippen LogP contribution in [0.3, 0.4) is 0 Å². The molecule has 0 spiro atoms. The summed E-state index contributed by atoms with van der Waals surface area (Å²) in [5.41, 5.74) is 5.93. The minimum Gasteiger partial charge on any atom is -0.478 e. The third-order valence-electron chi connectivity index (χ3n) is 2.64. The van der Waals surface area contributed by atoms with Crippen LogP contribution < -0.4 is 5.73 Å². The summed E-state index contributed by atoms with van der Waals surface area (Å²) in [6, 6.07) is 10.3. The summed E-state index contributed by atoms with van der Waals surface area (Å²) in [7, 11) is 0. The van der Waals surface area contributed by atoms with Gasteiger partial charge in [-0.25, -0.2) is 4.79 Å². The smallest absolute Gasteiger partial charge is 0.336 e. The van der Waals surface area contributed by atoms with Crippen LogP contribution in [0.5, 0.6) is 0 Å². The molecule has 0 aliphatic heterocycles. The summed E-state index contributed by atoms with van der Waals surface area (Å²) in [5.74, 6) is 4.05. The Morgan fingerprint density at radius 3 is 2.47 bits per heavy atom. The SMILES string of the molecule is NC(=O)CC#Cc1cccc2c(C(=O)O)cccc12. The van der Waals surface area contributed by atoms with E-state index in [2.05, 4.69) is 11.8 Å². The number of hydrogen-bond donors (Lipinski definition) is 2. The predicted molar refractivity (Wildman–Crippen MR) is 71.6 cm³/mol. The second-order valence-electron chi connectivity index (χ2n) is 3.96. The normalized spacial score (nSPS) is 9.68. The van der Waals surface area contributed by atoms with Crippen LogP contribution in [0.25, 0.3) is 10.8 Å². The highest BCUT2D eigenvalue weighted by Gasteiger charge is 2.08. The molecule has 4 heteroatoms. The van der Waals surface area contributed by atoms with Crippen molar-refractivity contribution in [3.8, 4) is 11.8 Å². The lowest BCUT2D eigenvalue weighted by atomic mass is 10.0. The predicted octanol–water partition coefficient (Wildman–Crippen LogP) is 1.76. The summed E-state index contributed by atoms with van der Waals surface area (Å²) in [4.78, 5) is 21.8. The molecule has 19 heavy (non-hydrogen) atoms. The molecule has 0 heterocycles. The van der Waals surface area contributed by atoms with Crippen molar-refractivity contribution in [3.63, 3.8) is 0 Å². The Balaban J connectivity index is 2.57. The monoisotopic (exact) mass is 253 g/mol. The maximum atomic E-state index is 11.1. The van der Waals surface area contributed by atoms with E-state index in [1.54, 1.807) is 36.4 Å². The molecule has 0 aliphatic carbocycles. The standard InChI is InChI=1S/C15H11NO3/c16-14(17)9-2-5-10-4-1-7-12-11(10)6-3-8-13(12)15(18)19/h1,3-4,6-8H,9H2,(H2,16,17)(H,18,19). The van der Waals surface area contributed by atoms with Crippen LogP contribution >= 0.6 is 0 Å². The number of carbonyl (C=O) groups is 2. The van der Waals surface area contributed by atoms with Gasteiger partial charge in [0.15, 0.2) is 0 Å². The van der Waals surface area contributed by atoms with Crippen LogP contribution in [0.2, 0.25) is 0 Å². The van der Waals surface area contributed by atoms with Crippen molar-refractivity contribution in [3.05, 3.63) is 47.5 Å². The number of amides is 1. The largest absolute Gasteiger partial charge is 0.478 e. The lowest BCUT2D eigenvalue weighted by Crippen LogP contribution is -2.08. The molecule has 94 valence electrons. The number of nitrogens with two attached hydrogens (primary N) is 1. The molecule has 0 aromatic heterocycles. The molecule has 1 amide bonds. The Bertz CT molecular complexity index is 723. The van der Waals surface area contributed by atoms with Crippen molar-refractivity contribution in [1.82, 2.24) is 0 Å². The summed E-state index contributed by atoms with van der Waals surface area (Å²) < 4.78 is 0. The van der Waals surface area contributed by atoms with Crippen molar-refractivity contribution >= 4 is 22.6 Å². The van der Waals surface area contributed by atoms with Gasteiger partial charge < -0.3 is 10.8 Å². The number of hydrogen-bond acceptors (Lipinski definition) is 2. The van der Waals surface area contributed by atoms with Crippen LogP contribution in [0, 0.1) is 11.8 Å². The zero-order chi connectivity index (χ0) is 13.8. The fourth-order valence-corrected chi connectivity index (χ4v) is 1.83. The van der Waals surface area contributed by atoms with E-state index in [0.29, 0.717) is 10.9 Å². The number of carboxylic acid groups (broad SMARTS) is 1. The van der Waals surface area contributed by atoms with Crippen LogP contribution in [0.15, 0.2) is 36.4 Å². The first kappa shape index (κ1) is 12.7. The van der Waals surface area contributed by atoms with Crippen LogP contribution in [-0.2, 0) is 4.79 Å². The van der Waals surface area contributed by atoms with Crippen molar-refractivity contribution in [1.29, 1.82) is 0 Å². The lowest BCUT2D eigenvalue weighted by Gasteiger charge is -2.03. The van der Waals surface area contributed by atoms with Gasteiger partial charge in [-0.1, -0.05) is 36.1 Å². The zero-order valence-electron chi connectivity index (χ0n) is 10.0. The molecule has 0 fully saturated rings. The lowest BCUT2D eigenvalue weighted by molar-refractivity contribution is -0.117. The van der Waals surface area contributed by atoms with E-state index in [1.807, 2.05) is 0 Å². The van der Waals surface area contributed by atoms with Gasteiger partial charge in [-0.15, -0.1) is 0 Å². The van der Waals surface area contributed by atoms with Crippen LogP contribution in [-0.4, -0.2) is 17.0 Å². The Kier molecular flexibility index (Phi) is 3.48. The molecule has 3 N–H and O–H groups in total. The topological polar surface area (TPSA) is 80.4 Å². The van der Waals surface area contributed by atoms with E-state index >= 15 is 0 Å². The van der Waals surface area contributed by atoms with E-state index in [4.69, 9.17) is 10.8 Å². The molecule has 0 saturated carbocycles. The number of benzene rings is 2. The van der Waals surface area contributed by atoms with E-state index in [9.17, 15) is 9.59 Å². The van der Waals surface area contributed by atoms with Gasteiger partial charge in [-0.2, -0.15) is 0 Å². The second-order valence-corrected chi connectivity index (χ2v) is 3.96. The van der Waals surface area contributed by atoms with E-state index < -0.39 is 11.9 Å². The molecule has 2 aromatic carbocycles. The maximum Gasteiger partial charge on any atom is 0.336 e. The number of carboxylic acids is 1. The van der Waals surface area contributed by atoms with Gasteiger partial charge in [0.25, 0.3) is 0 Å². The average Bonchev–Trinajstić information content (AvgIpc) is 2.37. The Morgan fingerprint density at radius 1 is 1.11 bits per heavy atom. The van der Waals surface area contributed by atoms with Gasteiger partial charge in [-0.05, 0) is 22.9 Å². The number of aromatic carboxylic acids is 1. The molecule has 2 aromatic rings. The third kappa shape index (κ3) is 2.72. The fraction of sp³-hybridized carbons (Fsp3) is 0.0667. The van der Waals surface area contributed by atoms with Gasteiger partial charge in [0, 0.05) is 5.56 Å². The van der Waals surface area contributed by atoms with Crippen molar-refractivity contribution in [2.24, 2.45) is 5.73 Å². The quantitative estimate of drug-likeness (QED) is 0.800. The first-order valence-corrected chi connectivity index (χ1v) is 5.62. The van der Waals surface area contributed by atoms with Crippen molar-refractivity contribution in [2.45, 2.75) is 6.42 Å². The van der Waals surface area contributed by atoms with Gasteiger partial charge in [0.1, 0.15) is 0 Å². The van der Waals surface area contributed by atoms with E-state index in [0.717, 1.165) is 5.39 Å². The molecule has 2 rings (SSSR count). The summed E-state index contributed by atoms with van der Waals surface area (Å²) in [6.45, 7) is 0. The molecule has 0 unspecified atom stereocenters. The van der Waals surface area contributed by atoms with Gasteiger partial charge in [0.05, 0.1) is 12.0 Å². The fourth-order valence-electron chi connectivity index (χ4n) is 1.83. The Morgan fingerprint density at radius 2 is 1.79 bits per heavy atom. The molecule has 0 atom stereocenters. The first-order valence-electron chi connectivity index (χ1n) is 5.62. The summed E-state index contributed by atoms with van der Waals surface area (Å²) in [6.07, 6.45) is -0.0188. The number of fused-ring (bicyclic) bond motifs is 1. The molecule has 0 aliphatic rings. The average molecular weight is 253 g/mol. The van der Waals surface area contributed by atoms with Crippen LogP contribution in [0.4, 0.5) is 0 Å². The third-order valence-corrected chi connectivity index (χ3v) is 2.64. The minimum atomic E-state index is -0.979. The first-order chi connectivity index (χ1) is 9.09. The highest BCUT2D eigenvalue weighted by atomic mass is 16.4. The van der Waals surface area contributed by atoms with Gasteiger partial charge in [-0.3, -0.25) is 4.79 Å². The molecular formula is C15H11NO3. The summed E-state index contributed by atoms with van der Waals surface area (Å²) in [5, 5.41) is 10.5. The molecule has 4 nitrogen and oxygen atoms in total. The minimum absolute atomic E-state index is 0.0188. The second kappa shape index (κ2) is 5.23. The maximum absolute atomic E-state index is 11.1. The highest BCUT2D eigenvalue weighted by Crippen LogP contribution is 2.22. The zero-order valence-corrected chi connectivity index (χ0v) is 10.0. The number of carbonyl (C=O) groups excluding carboxylic acids is 1. The number of rotatable bonds is 2. The van der Waals surface area contributed by atoms with Gasteiger partial charge >= 0.3 is 5.97 Å². The summed E-state index contributed by atoms with van der Waals surface area (Å²) >= 11 is 0. The van der Waals surface area contributed by atoms with E-state index in [-0.39, 0.29) is 12.0 Å². The van der Waals surface area contributed by atoms with Crippen LogP contribution in [0.1, 0.15) is 22.3 Å². The highest BCUT2D eigenvalue weighted by molar-refractivity contribution is 6.05. The van der Waals surface area contributed by atoms with Crippen molar-refractivity contribution < 1.29 is 14.7 Å². The van der Waals surface area contributed by atoms with Crippen molar-refractivity contribution in [2.75, 3.05) is 0 Å². The Labute approximate surface area is 109 Å². The van der Waals surface area contributed by atoms with Gasteiger partial charge in [0.2, 0.25) is 5.91 Å². The Hall–Kier alpha value is -2.80. The molecular weight excluding hydrogens is 242 g/mol. The molecule has 0 saturated heterocycles.